The van der Waals surface area contributed by atoms with E-state index in [-0.39, 0.29) is 11.0 Å². The smallest absolute Gasteiger partial charge is 0.153 e. The van der Waals surface area contributed by atoms with E-state index in [1.807, 2.05) is 0 Å². The van der Waals surface area contributed by atoms with Gasteiger partial charge < -0.3 is 5.73 Å². The molecule has 2 aliphatic carbocycles. The van der Waals surface area contributed by atoms with Gasteiger partial charge in [-0.1, -0.05) is 6.92 Å². The normalized spacial score (nSPS) is 41.9. The highest BCUT2D eigenvalue weighted by molar-refractivity contribution is 7.92. The average molecular weight is 217 g/mol. The lowest BCUT2D eigenvalue weighted by atomic mass is 9.88. The number of hydrogen-bond donors (Lipinski definition) is 1. The van der Waals surface area contributed by atoms with Gasteiger partial charge >= 0.3 is 0 Å². The molecular formula is C10H19NO2S. The van der Waals surface area contributed by atoms with Crippen LogP contribution >= 0.6 is 0 Å². The third-order valence-electron chi connectivity index (χ3n) is 4.06. The van der Waals surface area contributed by atoms with Gasteiger partial charge in [0.2, 0.25) is 0 Å². The summed E-state index contributed by atoms with van der Waals surface area (Å²) < 4.78 is 23.6. The summed E-state index contributed by atoms with van der Waals surface area (Å²) in [4.78, 5) is 0. The minimum Gasteiger partial charge on any atom is -0.330 e. The second kappa shape index (κ2) is 3.49. The van der Waals surface area contributed by atoms with Gasteiger partial charge in [0, 0.05) is 5.75 Å². The predicted octanol–water partition coefficient (Wildman–Crippen LogP) is 0.795. The Hall–Kier alpha value is -0.0900. The first-order valence-electron chi connectivity index (χ1n) is 5.50. The molecule has 0 radical (unpaired) electrons. The molecular weight excluding hydrogens is 198 g/mol. The Labute approximate surface area is 86.0 Å². The van der Waals surface area contributed by atoms with Gasteiger partial charge in [-0.15, -0.1) is 0 Å². The molecule has 2 rings (SSSR count). The third-order valence-corrected chi connectivity index (χ3v) is 6.33. The van der Waals surface area contributed by atoms with Gasteiger partial charge in [0.1, 0.15) is 0 Å². The van der Waals surface area contributed by atoms with E-state index < -0.39 is 9.84 Å². The van der Waals surface area contributed by atoms with Crippen LogP contribution in [0.5, 0.6) is 0 Å². The molecule has 0 saturated heterocycles. The molecule has 2 saturated carbocycles. The monoisotopic (exact) mass is 217 g/mol. The maximum Gasteiger partial charge on any atom is 0.153 e. The molecule has 0 amide bonds. The first kappa shape index (κ1) is 10.4. The minimum atomic E-state index is -2.83. The van der Waals surface area contributed by atoms with E-state index in [9.17, 15) is 8.42 Å². The summed E-state index contributed by atoms with van der Waals surface area (Å²) in [6, 6.07) is 0. The van der Waals surface area contributed by atoms with Crippen LogP contribution in [0.4, 0.5) is 0 Å². The zero-order valence-corrected chi connectivity index (χ0v) is 9.46. The molecule has 2 bridgehead atoms. The zero-order valence-electron chi connectivity index (χ0n) is 8.65. The zero-order chi connectivity index (χ0) is 10.3. The van der Waals surface area contributed by atoms with Crippen molar-refractivity contribution >= 4 is 9.84 Å². The van der Waals surface area contributed by atoms with Gasteiger partial charge in [-0.05, 0) is 43.6 Å². The molecule has 3 nitrogen and oxygen atoms in total. The number of hydrogen-bond acceptors (Lipinski definition) is 3. The van der Waals surface area contributed by atoms with Crippen molar-refractivity contribution in [3.63, 3.8) is 0 Å². The highest BCUT2D eigenvalue weighted by Gasteiger charge is 2.49. The molecule has 2 fully saturated rings. The summed E-state index contributed by atoms with van der Waals surface area (Å²) in [7, 11) is -2.83. The lowest BCUT2D eigenvalue weighted by Gasteiger charge is -2.27. The van der Waals surface area contributed by atoms with E-state index in [0.29, 0.717) is 24.3 Å². The molecule has 0 heterocycles. The molecule has 2 aliphatic rings. The second-order valence-corrected chi connectivity index (χ2v) is 7.23. The first-order chi connectivity index (χ1) is 6.58. The highest BCUT2D eigenvalue weighted by atomic mass is 32.2. The van der Waals surface area contributed by atoms with E-state index in [1.165, 1.54) is 0 Å². The molecule has 2 N–H and O–H groups in total. The van der Waals surface area contributed by atoms with E-state index in [0.717, 1.165) is 19.3 Å². The molecule has 0 aromatic heterocycles. The van der Waals surface area contributed by atoms with Crippen LogP contribution in [0.15, 0.2) is 0 Å². The Morgan fingerprint density at radius 2 is 2.00 bits per heavy atom. The van der Waals surface area contributed by atoms with Crippen LogP contribution in [0.2, 0.25) is 0 Å². The average Bonchev–Trinajstić information content (AvgIpc) is 2.76. The van der Waals surface area contributed by atoms with E-state index in [4.69, 9.17) is 5.73 Å². The van der Waals surface area contributed by atoms with Gasteiger partial charge in [0.15, 0.2) is 9.84 Å². The van der Waals surface area contributed by atoms with Gasteiger partial charge in [0.05, 0.1) is 5.25 Å². The molecule has 4 atom stereocenters. The third kappa shape index (κ3) is 1.48. The maximum absolute atomic E-state index is 11.8. The maximum atomic E-state index is 11.8. The van der Waals surface area contributed by atoms with Crippen molar-refractivity contribution in [1.82, 2.24) is 0 Å². The van der Waals surface area contributed by atoms with Crippen molar-refractivity contribution in [3.05, 3.63) is 0 Å². The van der Waals surface area contributed by atoms with Crippen LogP contribution in [-0.4, -0.2) is 26.0 Å². The van der Waals surface area contributed by atoms with Crippen LogP contribution in [-0.2, 0) is 9.84 Å². The Kier molecular flexibility index (Phi) is 2.60. The van der Waals surface area contributed by atoms with Gasteiger partial charge in [-0.3, -0.25) is 0 Å². The number of nitrogens with two attached hydrogens (primary N) is 1. The quantitative estimate of drug-likeness (QED) is 0.760. The first-order valence-corrected chi connectivity index (χ1v) is 7.21. The fourth-order valence-electron chi connectivity index (χ4n) is 3.33. The van der Waals surface area contributed by atoms with Crippen molar-refractivity contribution in [1.29, 1.82) is 0 Å². The van der Waals surface area contributed by atoms with Crippen molar-refractivity contribution in [2.75, 3.05) is 12.3 Å². The number of fused-ring (bicyclic) bond motifs is 2. The number of sulfone groups is 1. The number of rotatable bonds is 3. The van der Waals surface area contributed by atoms with E-state index >= 15 is 0 Å². The van der Waals surface area contributed by atoms with Gasteiger partial charge in [0.25, 0.3) is 0 Å². The fraction of sp³-hybridized carbons (Fsp3) is 1.00. The highest BCUT2D eigenvalue weighted by Crippen LogP contribution is 2.50. The van der Waals surface area contributed by atoms with Crippen molar-refractivity contribution in [2.24, 2.45) is 23.5 Å². The summed E-state index contributed by atoms with van der Waals surface area (Å²) in [5.41, 5.74) is 5.67. The molecule has 0 aromatic carbocycles. The molecule has 4 unspecified atom stereocenters. The van der Waals surface area contributed by atoms with Crippen molar-refractivity contribution < 1.29 is 8.42 Å². The Balaban J connectivity index is 2.18. The summed E-state index contributed by atoms with van der Waals surface area (Å²) in [5.74, 6) is 1.77. The Morgan fingerprint density at radius 3 is 2.50 bits per heavy atom. The van der Waals surface area contributed by atoms with Crippen LogP contribution < -0.4 is 5.73 Å². The Bertz CT molecular complexity index is 312. The van der Waals surface area contributed by atoms with Crippen LogP contribution in [0.25, 0.3) is 0 Å². The van der Waals surface area contributed by atoms with Crippen LogP contribution in [0.1, 0.15) is 26.2 Å². The lowest BCUT2D eigenvalue weighted by Crippen LogP contribution is -2.35. The summed E-state index contributed by atoms with van der Waals surface area (Å²) in [6.07, 6.45) is 3.17. The minimum absolute atomic E-state index is 0.0696. The van der Waals surface area contributed by atoms with Crippen molar-refractivity contribution in [3.8, 4) is 0 Å². The van der Waals surface area contributed by atoms with E-state index in [2.05, 4.69) is 0 Å². The summed E-state index contributed by atoms with van der Waals surface area (Å²) in [6.45, 7) is 2.41. The Morgan fingerprint density at radius 1 is 1.29 bits per heavy atom. The fourth-order valence-corrected chi connectivity index (χ4v) is 5.19. The molecule has 0 spiro atoms. The summed E-state index contributed by atoms with van der Waals surface area (Å²) >= 11 is 0. The molecule has 82 valence electrons. The topological polar surface area (TPSA) is 60.2 Å². The molecule has 0 aliphatic heterocycles. The van der Waals surface area contributed by atoms with E-state index in [1.54, 1.807) is 6.92 Å². The SMILES string of the molecule is CCS(=O)(=O)C1CC2CC(CN)C1C2. The van der Waals surface area contributed by atoms with Gasteiger partial charge in [-0.2, -0.15) is 0 Å². The molecule has 14 heavy (non-hydrogen) atoms. The second-order valence-electron chi connectivity index (χ2n) is 4.72. The largest absolute Gasteiger partial charge is 0.330 e. The molecule has 4 heteroatoms. The predicted molar refractivity (Wildman–Crippen MR) is 56.6 cm³/mol. The van der Waals surface area contributed by atoms with Gasteiger partial charge in [-0.25, -0.2) is 8.42 Å². The van der Waals surface area contributed by atoms with Crippen LogP contribution in [0, 0.1) is 17.8 Å². The van der Waals surface area contributed by atoms with Crippen molar-refractivity contribution in [2.45, 2.75) is 31.4 Å². The lowest BCUT2D eigenvalue weighted by molar-refractivity contribution is 0.340. The molecule has 0 aromatic rings. The summed E-state index contributed by atoms with van der Waals surface area (Å²) in [5, 5.41) is -0.0696. The van der Waals surface area contributed by atoms with Crippen LogP contribution in [0.3, 0.4) is 0 Å². The standard InChI is InChI=1S/C10H19NO2S/c1-2-14(12,13)10-5-7-3-8(6-11)9(10)4-7/h7-10H,2-6,11H2,1H3.